The minimum atomic E-state index is -0.613. The second-order valence-electron chi connectivity index (χ2n) is 7.17. The summed E-state index contributed by atoms with van der Waals surface area (Å²) in [7, 11) is 0. The number of carbonyl (C=O) groups excluding carboxylic acids is 3. The summed E-state index contributed by atoms with van der Waals surface area (Å²) in [4.78, 5) is 41.3. The first-order chi connectivity index (χ1) is 12.2. The number of rotatable bonds is 5. The quantitative estimate of drug-likeness (QED) is 0.811. The van der Waals surface area contributed by atoms with E-state index in [2.05, 4.69) is 18.8 Å². The summed E-state index contributed by atoms with van der Waals surface area (Å²) in [5.41, 5.74) is 1.50. The van der Waals surface area contributed by atoms with E-state index in [1.807, 2.05) is 0 Å². The predicted octanol–water partition coefficient (Wildman–Crippen LogP) is 2.47. The number of hydrogen-bond acceptors (Lipinski definition) is 5. The van der Waals surface area contributed by atoms with Crippen molar-refractivity contribution in [3.63, 3.8) is 0 Å². The Kier molecular flexibility index (Phi) is 6.45. The highest BCUT2D eigenvalue weighted by Gasteiger charge is 2.28. The fraction of sp³-hybridized carbons (Fsp3) is 0.632. The van der Waals surface area contributed by atoms with Crippen LogP contribution in [0.3, 0.4) is 0 Å². The van der Waals surface area contributed by atoms with Gasteiger partial charge >= 0.3 is 11.9 Å². The number of aromatic nitrogens is 1. The number of aromatic amines is 1. The zero-order valence-corrected chi connectivity index (χ0v) is 16.2. The summed E-state index contributed by atoms with van der Waals surface area (Å²) in [6.07, 6.45) is 1.10. The Morgan fingerprint density at radius 1 is 1.08 bits per heavy atom. The molecule has 0 spiro atoms. The predicted molar refractivity (Wildman–Crippen MR) is 96.0 cm³/mol. The van der Waals surface area contributed by atoms with Crippen LogP contribution in [0.4, 0.5) is 0 Å². The lowest BCUT2D eigenvalue weighted by Crippen LogP contribution is -2.44. The first kappa shape index (κ1) is 20.0. The lowest BCUT2D eigenvalue weighted by atomic mass is 9.92. The molecule has 2 atom stereocenters. The number of piperidine rings is 1. The SMILES string of the molecule is CCOC(=O)c1[nH]c(C)c(C(=O)OCC(=O)N2CC(C)CC(C)C2)c1C. The average molecular weight is 364 g/mol. The van der Waals surface area contributed by atoms with Crippen molar-refractivity contribution in [1.82, 2.24) is 9.88 Å². The Morgan fingerprint density at radius 2 is 1.69 bits per heavy atom. The number of likely N-dealkylation sites (tertiary alicyclic amines) is 1. The van der Waals surface area contributed by atoms with Crippen molar-refractivity contribution in [1.29, 1.82) is 0 Å². The number of H-pyrrole nitrogens is 1. The van der Waals surface area contributed by atoms with Crippen LogP contribution < -0.4 is 0 Å². The van der Waals surface area contributed by atoms with Gasteiger partial charge in [0.15, 0.2) is 6.61 Å². The van der Waals surface area contributed by atoms with E-state index in [-0.39, 0.29) is 30.4 Å². The maximum absolute atomic E-state index is 12.4. The van der Waals surface area contributed by atoms with Gasteiger partial charge in [-0.1, -0.05) is 13.8 Å². The molecule has 1 N–H and O–H groups in total. The smallest absolute Gasteiger partial charge is 0.355 e. The number of esters is 2. The Bertz CT molecular complexity index is 684. The number of amides is 1. The van der Waals surface area contributed by atoms with Gasteiger partial charge in [-0.25, -0.2) is 9.59 Å². The van der Waals surface area contributed by atoms with Crippen molar-refractivity contribution >= 4 is 17.8 Å². The second-order valence-corrected chi connectivity index (χ2v) is 7.17. The highest BCUT2D eigenvalue weighted by atomic mass is 16.5. The van der Waals surface area contributed by atoms with Gasteiger partial charge in [-0.3, -0.25) is 4.79 Å². The van der Waals surface area contributed by atoms with Crippen LogP contribution in [-0.2, 0) is 14.3 Å². The van der Waals surface area contributed by atoms with Crippen LogP contribution in [0.15, 0.2) is 0 Å². The number of carbonyl (C=O) groups is 3. The normalized spacial score (nSPS) is 20.0. The fourth-order valence-corrected chi connectivity index (χ4v) is 3.62. The summed E-state index contributed by atoms with van der Waals surface area (Å²) in [5, 5.41) is 0. The van der Waals surface area contributed by atoms with Crippen molar-refractivity contribution in [2.75, 3.05) is 26.3 Å². The number of aryl methyl sites for hydroxylation is 1. The molecule has 1 fully saturated rings. The minimum absolute atomic E-state index is 0.187. The Labute approximate surface area is 154 Å². The van der Waals surface area contributed by atoms with Crippen molar-refractivity contribution in [3.05, 3.63) is 22.5 Å². The van der Waals surface area contributed by atoms with E-state index in [0.717, 1.165) is 6.42 Å². The van der Waals surface area contributed by atoms with E-state index in [0.29, 0.717) is 36.2 Å². The summed E-state index contributed by atoms with van der Waals surface area (Å²) >= 11 is 0. The third kappa shape index (κ3) is 4.45. The molecule has 1 aromatic heterocycles. The van der Waals surface area contributed by atoms with E-state index in [1.165, 1.54) is 0 Å². The second kappa shape index (κ2) is 8.38. The Hall–Kier alpha value is -2.31. The van der Waals surface area contributed by atoms with Gasteiger partial charge in [0.1, 0.15) is 5.69 Å². The maximum atomic E-state index is 12.4. The van der Waals surface area contributed by atoms with E-state index < -0.39 is 11.9 Å². The molecule has 2 rings (SSSR count). The van der Waals surface area contributed by atoms with Crippen molar-refractivity contribution in [2.24, 2.45) is 11.8 Å². The highest BCUT2D eigenvalue weighted by Crippen LogP contribution is 2.22. The topological polar surface area (TPSA) is 88.7 Å². The number of nitrogens with one attached hydrogen (secondary N) is 1. The van der Waals surface area contributed by atoms with Crippen LogP contribution in [-0.4, -0.2) is 54.0 Å². The van der Waals surface area contributed by atoms with Gasteiger partial charge in [0.25, 0.3) is 5.91 Å². The maximum Gasteiger partial charge on any atom is 0.355 e. The van der Waals surface area contributed by atoms with E-state index in [1.54, 1.807) is 25.7 Å². The molecule has 0 aliphatic carbocycles. The molecule has 1 saturated heterocycles. The van der Waals surface area contributed by atoms with Gasteiger partial charge in [-0.15, -0.1) is 0 Å². The largest absolute Gasteiger partial charge is 0.461 e. The third-order valence-electron chi connectivity index (χ3n) is 4.67. The molecule has 2 unspecified atom stereocenters. The number of ether oxygens (including phenoxy) is 2. The molecular formula is C19H28N2O5. The average Bonchev–Trinajstić information content (AvgIpc) is 2.86. The molecule has 2 heterocycles. The summed E-state index contributed by atoms with van der Waals surface area (Å²) in [6.45, 7) is 10.6. The first-order valence-corrected chi connectivity index (χ1v) is 9.05. The molecule has 0 radical (unpaired) electrons. The summed E-state index contributed by atoms with van der Waals surface area (Å²) in [5.74, 6) is -0.426. The zero-order valence-electron chi connectivity index (χ0n) is 16.2. The molecule has 0 bridgehead atoms. The molecule has 1 aromatic rings. The molecule has 144 valence electrons. The van der Waals surface area contributed by atoms with E-state index >= 15 is 0 Å². The Balaban J connectivity index is 2.02. The third-order valence-corrected chi connectivity index (χ3v) is 4.67. The molecule has 7 nitrogen and oxygen atoms in total. The van der Waals surface area contributed by atoms with Crippen LogP contribution in [0.1, 0.15) is 59.3 Å². The van der Waals surface area contributed by atoms with Crippen LogP contribution in [0.25, 0.3) is 0 Å². The van der Waals surface area contributed by atoms with Crippen LogP contribution in [0.2, 0.25) is 0 Å². The van der Waals surface area contributed by atoms with Crippen molar-refractivity contribution < 1.29 is 23.9 Å². The molecule has 7 heteroatoms. The van der Waals surface area contributed by atoms with Crippen LogP contribution in [0, 0.1) is 25.7 Å². The first-order valence-electron chi connectivity index (χ1n) is 9.05. The summed E-state index contributed by atoms with van der Waals surface area (Å²) < 4.78 is 10.2. The zero-order chi connectivity index (χ0) is 19.4. The molecule has 1 aliphatic rings. The van der Waals surface area contributed by atoms with Gasteiger partial charge in [0.2, 0.25) is 0 Å². The standard InChI is InChI=1S/C19H28N2O5/c1-6-25-19(24)17-13(4)16(14(5)20-17)18(23)26-10-15(22)21-8-11(2)7-12(3)9-21/h11-12,20H,6-10H2,1-5H3. The molecule has 0 saturated carbocycles. The van der Waals surface area contributed by atoms with E-state index in [4.69, 9.17) is 9.47 Å². The van der Waals surface area contributed by atoms with Gasteiger partial charge in [0, 0.05) is 18.8 Å². The highest BCUT2D eigenvalue weighted by molar-refractivity contribution is 5.99. The van der Waals surface area contributed by atoms with Crippen molar-refractivity contribution in [2.45, 2.75) is 41.0 Å². The monoisotopic (exact) mass is 364 g/mol. The van der Waals surface area contributed by atoms with Crippen LogP contribution >= 0.6 is 0 Å². The van der Waals surface area contributed by atoms with Gasteiger partial charge in [0.05, 0.1) is 12.2 Å². The Morgan fingerprint density at radius 3 is 2.27 bits per heavy atom. The van der Waals surface area contributed by atoms with Crippen molar-refractivity contribution in [3.8, 4) is 0 Å². The molecule has 0 aromatic carbocycles. The van der Waals surface area contributed by atoms with Gasteiger partial charge < -0.3 is 19.4 Å². The van der Waals surface area contributed by atoms with Gasteiger partial charge in [-0.05, 0) is 44.6 Å². The number of nitrogens with zero attached hydrogens (tertiary/aromatic N) is 1. The fourth-order valence-electron chi connectivity index (χ4n) is 3.62. The van der Waals surface area contributed by atoms with Crippen LogP contribution in [0.5, 0.6) is 0 Å². The number of hydrogen-bond donors (Lipinski definition) is 1. The minimum Gasteiger partial charge on any atom is -0.461 e. The lowest BCUT2D eigenvalue weighted by molar-refractivity contribution is -0.137. The van der Waals surface area contributed by atoms with Gasteiger partial charge in [-0.2, -0.15) is 0 Å². The lowest BCUT2D eigenvalue weighted by Gasteiger charge is -2.34. The molecule has 1 aliphatic heterocycles. The molecule has 26 heavy (non-hydrogen) atoms. The van der Waals surface area contributed by atoms with E-state index in [9.17, 15) is 14.4 Å². The molecule has 1 amide bonds. The summed E-state index contributed by atoms with van der Waals surface area (Å²) in [6, 6.07) is 0. The molecular weight excluding hydrogens is 336 g/mol.